The average molecular weight is 287 g/mol. The van der Waals surface area contributed by atoms with Crippen molar-refractivity contribution in [3.05, 3.63) is 22.8 Å². The zero-order valence-corrected chi connectivity index (χ0v) is 13.6. The van der Waals surface area contributed by atoms with Gasteiger partial charge >= 0.3 is 0 Å². The summed E-state index contributed by atoms with van der Waals surface area (Å²) in [7, 11) is 0. The highest BCUT2D eigenvalue weighted by Crippen LogP contribution is 2.31. The van der Waals surface area contributed by atoms with Crippen molar-refractivity contribution in [1.82, 2.24) is 15.3 Å². The van der Waals surface area contributed by atoms with Gasteiger partial charge in [0.25, 0.3) is 0 Å². The maximum absolute atomic E-state index is 4.85. The number of aromatic nitrogens is 2. The second-order valence-corrected chi connectivity index (χ2v) is 6.90. The molecule has 0 aromatic carbocycles. The smallest absolute Gasteiger partial charge is 0.131 e. The van der Waals surface area contributed by atoms with Gasteiger partial charge in [0.05, 0.1) is 0 Å². The Morgan fingerprint density at radius 2 is 1.62 bits per heavy atom. The van der Waals surface area contributed by atoms with Crippen LogP contribution in [0, 0.1) is 13.8 Å². The molecule has 0 bridgehead atoms. The summed E-state index contributed by atoms with van der Waals surface area (Å²) >= 11 is 0. The maximum Gasteiger partial charge on any atom is 0.131 e. The zero-order chi connectivity index (χ0) is 14.7. The van der Waals surface area contributed by atoms with Crippen LogP contribution >= 0.6 is 0 Å². The first kappa shape index (κ1) is 15.0. The summed E-state index contributed by atoms with van der Waals surface area (Å²) < 4.78 is 0. The number of nitrogens with one attached hydrogen (secondary N) is 1. The van der Waals surface area contributed by atoms with Crippen molar-refractivity contribution < 1.29 is 0 Å². The van der Waals surface area contributed by atoms with Gasteiger partial charge in [-0.25, -0.2) is 9.97 Å². The van der Waals surface area contributed by atoms with Gasteiger partial charge in [0, 0.05) is 23.3 Å². The summed E-state index contributed by atoms with van der Waals surface area (Å²) in [6, 6.07) is 0.817. The summed E-state index contributed by atoms with van der Waals surface area (Å²) in [6.07, 6.45) is 11.7. The third-order valence-corrected chi connectivity index (χ3v) is 5.02. The molecule has 0 aliphatic heterocycles. The molecule has 0 spiro atoms. The van der Waals surface area contributed by atoms with Crippen LogP contribution in [0.4, 0.5) is 0 Å². The molecule has 1 aromatic heterocycles. The van der Waals surface area contributed by atoms with Crippen LogP contribution < -0.4 is 5.32 Å². The number of rotatable bonds is 6. The van der Waals surface area contributed by atoms with Crippen molar-refractivity contribution >= 4 is 0 Å². The maximum atomic E-state index is 4.85. The molecule has 21 heavy (non-hydrogen) atoms. The van der Waals surface area contributed by atoms with Crippen LogP contribution in [0.1, 0.15) is 80.1 Å². The van der Waals surface area contributed by atoms with Crippen molar-refractivity contribution in [2.45, 2.75) is 83.6 Å². The molecule has 2 aliphatic carbocycles. The molecule has 116 valence electrons. The van der Waals surface area contributed by atoms with Crippen molar-refractivity contribution in [2.24, 2.45) is 0 Å². The van der Waals surface area contributed by atoms with Crippen molar-refractivity contribution in [3.8, 4) is 0 Å². The fourth-order valence-corrected chi connectivity index (χ4v) is 3.53. The van der Waals surface area contributed by atoms with Gasteiger partial charge in [0.15, 0.2) is 0 Å². The first-order chi connectivity index (χ1) is 10.2. The highest BCUT2D eigenvalue weighted by molar-refractivity contribution is 5.25. The Bertz CT molecular complexity index is 450. The van der Waals surface area contributed by atoms with Crippen LogP contribution in [0.5, 0.6) is 0 Å². The van der Waals surface area contributed by atoms with Gasteiger partial charge < -0.3 is 5.32 Å². The predicted octanol–water partition coefficient (Wildman–Crippen LogP) is 3.83. The van der Waals surface area contributed by atoms with E-state index in [1.54, 1.807) is 0 Å². The van der Waals surface area contributed by atoms with E-state index in [0.717, 1.165) is 24.8 Å². The molecule has 2 aliphatic rings. The molecule has 3 nitrogen and oxygen atoms in total. The van der Waals surface area contributed by atoms with Crippen LogP contribution in [0.15, 0.2) is 0 Å². The zero-order valence-electron chi connectivity index (χ0n) is 13.6. The molecule has 1 aromatic rings. The largest absolute Gasteiger partial charge is 0.314 e. The molecule has 0 atom stereocenters. The minimum absolute atomic E-state index is 0.613. The number of hydrogen-bond donors (Lipinski definition) is 1. The third-order valence-electron chi connectivity index (χ3n) is 5.02. The Kier molecular flexibility index (Phi) is 4.89. The van der Waals surface area contributed by atoms with E-state index in [9.17, 15) is 0 Å². The third kappa shape index (κ3) is 4.03. The van der Waals surface area contributed by atoms with Crippen LogP contribution in [-0.4, -0.2) is 22.6 Å². The van der Waals surface area contributed by atoms with Gasteiger partial charge in [-0.15, -0.1) is 0 Å². The van der Waals surface area contributed by atoms with Crippen molar-refractivity contribution in [1.29, 1.82) is 0 Å². The molecule has 2 saturated carbocycles. The molecule has 1 heterocycles. The average Bonchev–Trinajstić information content (AvgIpc) is 3.30. The van der Waals surface area contributed by atoms with E-state index >= 15 is 0 Å². The van der Waals surface area contributed by atoms with Gasteiger partial charge in [-0.2, -0.15) is 0 Å². The quantitative estimate of drug-likeness (QED) is 0.808. The highest BCUT2D eigenvalue weighted by atomic mass is 14.9. The molecular formula is C18H29N3. The van der Waals surface area contributed by atoms with Crippen LogP contribution in [-0.2, 0) is 6.42 Å². The first-order valence-electron chi connectivity index (χ1n) is 8.81. The lowest BCUT2D eigenvalue weighted by molar-refractivity contribution is 0.427. The molecule has 3 rings (SSSR count). The van der Waals surface area contributed by atoms with E-state index in [1.807, 2.05) is 0 Å². The minimum Gasteiger partial charge on any atom is -0.314 e. The van der Waals surface area contributed by atoms with E-state index in [4.69, 9.17) is 9.97 Å². The summed E-state index contributed by atoms with van der Waals surface area (Å²) in [5.41, 5.74) is 3.82. The van der Waals surface area contributed by atoms with Gasteiger partial charge in [0.1, 0.15) is 5.82 Å². The second-order valence-electron chi connectivity index (χ2n) is 6.90. The van der Waals surface area contributed by atoms with Gasteiger partial charge in [0.2, 0.25) is 0 Å². The van der Waals surface area contributed by atoms with E-state index in [-0.39, 0.29) is 0 Å². The molecule has 0 unspecified atom stereocenters. The van der Waals surface area contributed by atoms with Gasteiger partial charge in [-0.05, 0) is 64.5 Å². The Hall–Kier alpha value is -0.960. The van der Waals surface area contributed by atoms with E-state index < -0.39 is 0 Å². The number of hydrogen-bond acceptors (Lipinski definition) is 3. The topological polar surface area (TPSA) is 37.8 Å². The molecular weight excluding hydrogens is 258 g/mol. The summed E-state index contributed by atoms with van der Waals surface area (Å²) in [5.74, 6) is 1.73. The lowest BCUT2D eigenvalue weighted by Crippen LogP contribution is -2.18. The lowest BCUT2D eigenvalue weighted by atomic mass is 9.88. The Labute approximate surface area is 129 Å². The minimum atomic E-state index is 0.613. The van der Waals surface area contributed by atoms with Gasteiger partial charge in [-0.3, -0.25) is 0 Å². The fraction of sp³-hybridized carbons (Fsp3) is 0.778. The van der Waals surface area contributed by atoms with Crippen molar-refractivity contribution in [2.75, 3.05) is 6.54 Å². The van der Waals surface area contributed by atoms with Crippen LogP contribution in [0.2, 0.25) is 0 Å². The number of nitrogens with zero attached hydrogens (tertiary/aromatic N) is 2. The van der Waals surface area contributed by atoms with E-state index in [2.05, 4.69) is 19.2 Å². The van der Waals surface area contributed by atoms with E-state index in [0.29, 0.717) is 5.92 Å². The normalized spacial score (nSPS) is 19.9. The fourth-order valence-electron chi connectivity index (χ4n) is 3.53. The predicted molar refractivity (Wildman–Crippen MR) is 86.7 cm³/mol. The summed E-state index contributed by atoms with van der Waals surface area (Å²) in [4.78, 5) is 9.70. The Balaban J connectivity index is 1.60. The van der Waals surface area contributed by atoms with Crippen LogP contribution in [0.3, 0.4) is 0 Å². The lowest BCUT2D eigenvalue weighted by Gasteiger charge is -2.21. The molecule has 0 radical (unpaired) electrons. The van der Waals surface area contributed by atoms with Crippen molar-refractivity contribution in [3.63, 3.8) is 0 Å². The first-order valence-corrected chi connectivity index (χ1v) is 8.81. The van der Waals surface area contributed by atoms with E-state index in [1.165, 1.54) is 68.3 Å². The molecule has 3 heteroatoms. The summed E-state index contributed by atoms with van der Waals surface area (Å²) in [6.45, 7) is 5.48. The number of aryl methyl sites for hydroxylation is 2. The molecule has 2 fully saturated rings. The monoisotopic (exact) mass is 287 g/mol. The van der Waals surface area contributed by atoms with Gasteiger partial charge in [-0.1, -0.05) is 19.3 Å². The van der Waals surface area contributed by atoms with Crippen LogP contribution in [0.25, 0.3) is 0 Å². The summed E-state index contributed by atoms with van der Waals surface area (Å²) in [5, 5.41) is 3.59. The standard InChI is InChI=1S/C18H29N3/c1-13-17(9-6-12-19-16-10-11-16)14(2)21-18(20-13)15-7-4-3-5-8-15/h15-16,19H,3-12H2,1-2H3. The SMILES string of the molecule is Cc1nc(C2CCCCC2)nc(C)c1CCCNC1CC1. The highest BCUT2D eigenvalue weighted by Gasteiger charge is 2.21. The Morgan fingerprint density at radius 1 is 0.952 bits per heavy atom. The molecule has 1 N–H and O–H groups in total. The second kappa shape index (κ2) is 6.87. The molecule has 0 saturated heterocycles. The molecule has 0 amide bonds. The Morgan fingerprint density at radius 3 is 2.24 bits per heavy atom.